The number of methoxy groups -OCH3 is 1. The molecule has 1 heterocycles. The Hall–Kier alpha value is -1.97. The Morgan fingerprint density at radius 2 is 1.84 bits per heavy atom. The van der Waals surface area contributed by atoms with Crippen molar-refractivity contribution in [3.8, 4) is 5.75 Å². The number of benzene rings is 1. The molecule has 1 aliphatic heterocycles. The Kier molecular flexibility index (Phi) is 10.7. The van der Waals surface area contributed by atoms with Crippen LogP contribution in [0.3, 0.4) is 0 Å². The van der Waals surface area contributed by atoms with Crippen LogP contribution in [0.15, 0.2) is 42.7 Å². The summed E-state index contributed by atoms with van der Waals surface area (Å²) in [7, 11) is 2.35. The molecular weight excluding hydrogens is 490 g/mol. The number of amides is 1. The van der Waals surface area contributed by atoms with Gasteiger partial charge >= 0.3 is 0 Å². The van der Waals surface area contributed by atoms with Crippen molar-refractivity contribution in [2.75, 3.05) is 21.3 Å². The molecule has 1 aromatic rings. The van der Waals surface area contributed by atoms with Gasteiger partial charge in [-0.25, -0.2) is 5.06 Å². The number of rotatable bonds is 12. The summed E-state index contributed by atoms with van der Waals surface area (Å²) in [4.78, 5) is 18.4. The van der Waals surface area contributed by atoms with Gasteiger partial charge in [0.05, 0.1) is 33.0 Å². The standard InChI is InChI=1S/C28H45NO7Si/c1-12-13-22(33-19-20-14-16-21(31-8)17-15-20)18-23(36-37(10,11)27(2,3)4)24-25(26(30)29(7)32-9)35-28(5,6)34-24/h13-17,22-25H,1,18-19H2,2-11H3/t22-,23+,24+,25+/m1/s1. The van der Waals surface area contributed by atoms with E-state index in [1.54, 1.807) is 34.1 Å². The molecule has 0 bridgehead atoms. The molecule has 208 valence electrons. The second-order valence-electron chi connectivity index (χ2n) is 11.3. The predicted molar refractivity (Wildman–Crippen MR) is 146 cm³/mol. The molecule has 0 spiro atoms. The molecule has 0 unspecified atom stereocenters. The number of carbonyl (C=O) groups is 1. The molecule has 37 heavy (non-hydrogen) atoms. The number of carbonyl (C=O) groups excluding carboxylic acids is 1. The highest BCUT2D eigenvalue weighted by Crippen LogP contribution is 2.41. The van der Waals surface area contributed by atoms with Gasteiger partial charge in [-0.3, -0.25) is 9.63 Å². The lowest BCUT2D eigenvalue weighted by molar-refractivity contribution is -0.187. The average molecular weight is 536 g/mol. The molecule has 0 saturated carbocycles. The summed E-state index contributed by atoms with van der Waals surface area (Å²) in [6.07, 6.45) is -0.227. The molecule has 1 amide bonds. The Bertz CT molecular complexity index is 935. The summed E-state index contributed by atoms with van der Waals surface area (Å²) >= 11 is 0. The van der Waals surface area contributed by atoms with E-state index in [2.05, 4.69) is 46.2 Å². The molecule has 9 heteroatoms. The van der Waals surface area contributed by atoms with Crippen LogP contribution in [0.4, 0.5) is 0 Å². The second kappa shape index (κ2) is 12.7. The van der Waals surface area contributed by atoms with E-state index in [-0.39, 0.29) is 17.0 Å². The summed E-state index contributed by atoms with van der Waals surface area (Å²) < 4.78 is 30.8. The van der Waals surface area contributed by atoms with Crippen LogP contribution in [-0.2, 0) is 34.9 Å². The molecule has 4 atom stereocenters. The Balaban J connectivity index is 2.36. The molecule has 1 aliphatic rings. The molecule has 0 aliphatic carbocycles. The largest absolute Gasteiger partial charge is 0.497 e. The number of hydroxylamine groups is 2. The van der Waals surface area contributed by atoms with Crippen molar-refractivity contribution in [1.82, 2.24) is 5.06 Å². The van der Waals surface area contributed by atoms with Gasteiger partial charge in [0.2, 0.25) is 0 Å². The van der Waals surface area contributed by atoms with E-state index in [9.17, 15) is 4.79 Å². The summed E-state index contributed by atoms with van der Waals surface area (Å²) in [5.74, 6) is -0.522. The highest BCUT2D eigenvalue weighted by molar-refractivity contribution is 6.74. The fraction of sp³-hybridized carbons (Fsp3) is 0.643. The van der Waals surface area contributed by atoms with Crippen molar-refractivity contribution < 1.29 is 33.0 Å². The van der Waals surface area contributed by atoms with Crippen molar-refractivity contribution in [3.63, 3.8) is 0 Å². The Labute approximate surface area is 223 Å². The van der Waals surface area contributed by atoms with Gasteiger partial charge in [0.1, 0.15) is 11.9 Å². The lowest BCUT2D eigenvalue weighted by Gasteiger charge is -2.41. The molecule has 2 rings (SSSR count). The quantitative estimate of drug-likeness (QED) is 0.206. The lowest BCUT2D eigenvalue weighted by Crippen LogP contribution is -2.53. The highest BCUT2D eigenvalue weighted by atomic mass is 28.4. The van der Waals surface area contributed by atoms with Crippen LogP contribution in [0.25, 0.3) is 0 Å². The number of ether oxygens (including phenoxy) is 4. The van der Waals surface area contributed by atoms with Crippen LogP contribution in [0.2, 0.25) is 18.1 Å². The van der Waals surface area contributed by atoms with Crippen molar-refractivity contribution >= 4 is 14.2 Å². The monoisotopic (exact) mass is 535 g/mol. The number of hydrogen-bond acceptors (Lipinski definition) is 7. The van der Waals surface area contributed by atoms with Crippen LogP contribution >= 0.6 is 0 Å². The van der Waals surface area contributed by atoms with Crippen molar-refractivity contribution in [2.24, 2.45) is 0 Å². The number of likely N-dealkylation sites (N-methyl/N-ethyl adjacent to an activating group) is 1. The predicted octanol–water partition coefficient (Wildman–Crippen LogP) is 5.24. The molecule has 0 radical (unpaired) electrons. The number of hydrogen-bond donors (Lipinski definition) is 0. The Morgan fingerprint density at radius 1 is 1.22 bits per heavy atom. The molecule has 0 aromatic heterocycles. The SMILES string of the molecule is C=C=C[C@H](C[C@H](O[Si](C)(C)C(C)(C)C)[C@@H]1OC(C)(C)O[C@@H]1C(=O)N(C)OC)OCc1ccc(OC)cc1. The third-order valence-electron chi connectivity index (χ3n) is 6.97. The number of nitrogens with zero attached hydrogens (tertiary/aromatic N) is 1. The summed E-state index contributed by atoms with van der Waals surface area (Å²) in [5, 5.41) is 1.10. The first kappa shape index (κ1) is 31.2. The fourth-order valence-corrected chi connectivity index (χ4v) is 5.14. The maximum atomic E-state index is 13.2. The summed E-state index contributed by atoms with van der Waals surface area (Å²) in [5.41, 5.74) is 3.86. The summed E-state index contributed by atoms with van der Waals surface area (Å²) in [6.45, 7) is 18.6. The minimum atomic E-state index is -2.28. The van der Waals surface area contributed by atoms with Gasteiger partial charge < -0.3 is 23.4 Å². The zero-order valence-corrected chi connectivity index (χ0v) is 25.1. The van der Waals surface area contributed by atoms with E-state index in [0.29, 0.717) is 13.0 Å². The van der Waals surface area contributed by atoms with E-state index < -0.39 is 32.4 Å². The molecular formula is C28H45NO7Si. The van der Waals surface area contributed by atoms with Gasteiger partial charge in [0, 0.05) is 13.5 Å². The third-order valence-corrected chi connectivity index (χ3v) is 11.5. The van der Waals surface area contributed by atoms with Gasteiger partial charge in [0.15, 0.2) is 20.2 Å². The summed E-state index contributed by atoms with van der Waals surface area (Å²) in [6, 6.07) is 7.72. The fourth-order valence-electron chi connectivity index (χ4n) is 3.80. The first-order valence-corrected chi connectivity index (χ1v) is 15.5. The van der Waals surface area contributed by atoms with Crippen LogP contribution in [0.1, 0.15) is 46.6 Å². The molecule has 0 N–H and O–H groups in total. The van der Waals surface area contributed by atoms with Gasteiger partial charge in [-0.1, -0.05) is 39.5 Å². The van der Waals surface area contributed by atoms with Crippen molar-refractivity contribution in [3.05, 3.63) is 48.2 Å². The normalized spacial score (nSPS) is 21.1. The highest BCUT2D eigenvalue weighted by Gasteiger charge is 2.52. The van der Waals surface area contributed by atoms with Gasteiger partial charge in [-0.2, -0.15) is 0 Å². The van der Waals surface area contributed by atoms with E-state index >= 15 is 0 Å². The molecule has 1 saturated heterocycles. The molecule has 8 nitrogen and oxygen atoms in total. The zero-order chi connectivity index (χ0) is 28.0. The van der Waals surface area contributed by atoms with Gasteiger partial charge in [0.25, 0.3) is 5.91 Å². The van der Waals surface area contributed by atoms with Crippen molar-refractivity contribution in [2.45, 2.75) is 96.0 Å². The average Bonchev–Trinajstić information content (AvgIpc) is 3.15. The van der Waals surface area contributed by atoms with Gasteiger partial charge in [-0.05, 0) is 55.8 Å². The van der Waals surface area contributed by atoms with E-state index in [0.717, 1.165) is 16.4 Å². The van der Waals surface area contributed by atoms with Crippen LogP contribution in [0, 0.1) is 0 Å². The van der Waals surface area contributed by atoms with E-state index in [1.165, 1.54) is 7.11 Å². The van der Waals surface area contributed by atoms with Crippen LogP contribution in [0.5, 0.6) is 5.75 Å². The first-order valence-electron chi connectivity index (χ1n) is 12.6. The zero-order valence-electron chi connectivity index (χ0n) is 24.1. The van der Waals surface area contributed by atoms with Crippen molar-refractivity contribution in [1.29, 1.82) is 0 Å². The van der Waals surface area contributed by atoms with Crippen LogP contribution < -0.4 is 4.74 Å². The Morgan fingerprint density at radius 3 is 2.35 bits per heavy atom. The minimum absolute atomic E-state index is 0.0587. The third kappa shape index (κ3) is 8.51. The molecule has 1 aromatic carbocycles. The molecule has 1 fully saturated rings. The van der Waals surface area contributed by atoms with E-state index in [4.69, 9.17) is 28.2 Å². The maximum Gasteiger partial charge on any atom is 0.277 e. The maximum absolute atomic E-state index is 13.2. The minimum Gasteiger partial charge on any atom is -0.497 e. The lowest BCUT2D eigenvalue weighted by atomic mass is 10.0. The van der Waals surface area contributed by atoms with Crippen LogP contribution in [-0.4, -0.2) is 70.8 Å². The first-order chi connectivity index (χ1) is 17.1. The van der Waals surface area contributed by atoms with Gasteiger partial charge in [-0.15, -0.1) is 5.73 Å². The second-order valence-corrected chi connectivity index (χ2v) is 16.0. The van der Waals surface area contributed by atoms with E-state index in [1.807, 2.05) is 24.3 Å². The topological polar surface area (TPSA) is 75.7 Å². The smallest absolute Gasteiger partial charge is 0.277 e.